The molecule has 68 valence electrons. The van der Waals surface area contributed by atoms with Crippen LogP contribution in [0.1, 0.15) is 6.92 Å². The molecule has 0 fully saturated rings. The highest BCUT2D eigenvalue weighted by molar-refractivity contribution is 7.99. The fourth-order valence-corrected chi connectivity index (χ4v) is 2.03. The monoisotopic (exact) mass is 195 g/mol. The number of hydrogen-bond donors (Lipinski definition) is 1. The molecular weight excluding hydrogens is 185 g/mol. The third kappa shape index (κ3) is 1.56. The zero-order valence-corrected chi connectivity index (χ0v) is 8.12. The molecule has 2 aromatic rings. The molecule has 0 unspecified atom stereocenters. The Kier molecular flexibility index (Phi) is 2.27. The van der Waals surface area contributed by atoms with Gasteiger partial charge < -0.3 is 4.98 Å². The Morgan fingerprint density at radius 3 is 3.08 bits per heavy atom. The van der Waals surface area contributed by atoms with Crippen LogP contribution in [0.4, 0.5) is 4.39 Å². The molecule has 1 N–H and O–H groups in total. The van der Waals surface area contributed by atoms with Crippen molar-refractivity contribution in [1.29, 1.82) is 0 Å². The van der Waals surface area contributed by atoms with Crippen molar-refractivity contribution < 1.29 is 4.39 Å². The maximum absolute atomic E-state index is 13.3. The van der Waals surface area contributed by atoms with Crippen LogP contribution in [0.3, 0.4) is 0 Å². The molecule has 13 heavy (non-hydrogen) atoms. The number of H-pyrrole nitrogens is 1. The number of halogens is 1. The van der Waals surface area contributed by atoms with E-state index in [2.05, 4.69) is 4.98 Å². The average Bonchev–Trinajstić information content (AvgIpc) is 2.52. The van der Waals surface area contributed by atoms with E-state index >= 15 is 0 Å². The molecular formula is C10H10FNS. The van der Waals surface area contributed by atoms with Gasteiger partial charge in [0.25, 0.3) is 0 Å². The molecule has 0 spiro atoms. The van der Waals surface area contributed by atoms with Gasteiger partial charge in [0, 0.05) is 22.0 Å². The van der Waals surface area contributed by atoms with Crippen LogP contribution < -0.4 is 0 Å². The van der Waals surface area contributed by atoms with E-state index in [1.54, 1.807) is 6.07 Å². The zero-order valence-electron chi connectivity index (χ0n) is 7.30. The van der Waals surface area contributed by atoms with Crippen molar-refractivity contribution in [3.05, 3.63) is 30.2 Å². The van der Waals surface area contributed by atoms with Crippen LogP contribution in [0.25, 0.3) is 10.9 Å². The number of aromatic nitrogens is 1. The fraction of sp³-hybridized carbons (Fsp3) is 0.200. The summed E-state index contributed by atoms with van der Waals surface area (Å²) in [5.74, 6) is 0.766. The first-order valence-corrected chi connectivity index (χ1v) is 5.19. The number of thioether (sulfide) groups is 1. The van der Waals surface area contributed by atoms with Crippen LogP contribution in [-0.4, -0.2) is 10.7 Å². The average molecular weight is 195 g/mol. The minimum absolute atomic E-state index is 0.126. The summed E-state index contributed by atoms with van der Waals surface area (Å²) >= 11 is 1.53. The zero-order chi connectivity index (χ0) is 9.26. The van der Waals surface area contributed by atoms with Crippen molar-refractivity contribution in [2.24, 2.45) is 0 Å². The largest absolute Gasteiger partial charge is 0.361 e. The normalized spacial score (nSPS) is 10.9. The first-order chi connectivity index (χ1) is 6.31. The lowest BCUT2D eigenvalue weighted by Crippen LogP contribution is -1.81. The van der Waals surface area contributed by atoms with E-state index in [9.17, 15) is 4.39 Å². The van der Waals surface area contributed by atoms with Gasteiger partial charge in [0.05, 0.1) is 0 Å². The van der Waals surface area contributed by atoms with Crippen molar-refractivity contribution >= 4 is 22.7 Å². The minimum atomic E-state index is -0.126. The number of aromatic amines is 1. The first-order valence-electron chi connectivity index (χ1n) is 4.20. The second-order valence-electron chi connectivity index (χ2n) is 2.78. The predicted octanol–water partition coefficient (Wildman–Crippen LogP) is 3.42. The van der Waals surface area contributed by atoms with Crippen LogP contribution in [0.2, 0.25) is 0 Å². The van der Waals surface area contributed by atoms with Crippen molar-refractivity contribution in [1.82, 2.24) is 4.98 Å². The Morgan fingerprint density at radius 2 is 2.31 bits per heavy atom. The molecule has 1 aromatic carbocycles. The summed E-state index contributed by atoms with van der Waals surface area (Å²) in [5.41, 5.74) is 0.998. The van der Waals surface area contributed by atoms with Gasteiger partial charge in [-0.2, -0.15) is 0 Å². The van der Waals surface area contributed by atoms with E-state index in [-0.39, 0.29) is 5.82 Å². The van der Waals surface area contributed by atoms with Gasteiger partial charge in [0.2, 0.25) is 0 Å². The molecule has 0 radical (unpaired) electrons. The van der Waals surface area contributed by atoms with E-state index in [0.29, 0.717) is 0 Å². The first kappa shape index (κ1) is 8.63. The SMILES string of the molecule is CCSc1cc2[nH]ccc2cc1F. The molecule has 0 atom stereocenters. The van der Waals surface area contributed by atoms with Crippen molar-refractivity contribution in [3.8, 4) is 0 Å². The van der Waals surface area contributed by atoms with E-state index in [0.717, 1.165) is 21.6 Å². The summed E-state index contributed by atoms with van der Waals surface area (Å²) in [6, 6.07) is 5.31. The van der Waals surface area contributed by atoms with Crippen LogP contribution in [0.15, 0.2) is 29.3 Å². The Morgan fingerprint density at radius 1 is 1.46 bits per heavy atom. The molecule has 0 bridgehead atoms. The summed E-state index contributed by atoms with van der Waals surface area (Å²) in [4.78, 5) is 3.79. The highest BCUT2D eigenvalue weighted by Crippen LogP contribution is 2.25. The van der Waals surface area contributed by atoms with Gasteiger partial charge in [-0.1, -0.05) is 6.92 Å². The lowest BCUT2D eigenvalue weighted by molar-refractivity contribution is 0.604. The minimum Gasteiger partial charge on any atom is -0.361 e. The molecule has 0 aliphatic heterocycles. The lowest BCUT2D eigenvalue weighted by Gasteiger charge is -2.00. The maximum atomic E-state index is 13.3. The molecule has 0 aliphatic carbocycles. The van der Waals surface area contributed by atoms with Crippen LogP contribution in [-0.2, 0) is 0 Å². The maximum Gasteiger partial charge on any atom is 0.137 e. The van der Waals surface area contributed by atoms with E-state index in [1.165, 1.54) is 11.8 Å². The van der Waals surface area contributed by atoms with E-state index in [4.69, 9.17) is 0 Å². The molecule has 0 aliphatic rings. The smallest absolute Gasteiger partial charge is 0.137 e. The van der Waals surface area contributed by atoms with Crippen LogP contribution in [0, 0.1) is 5.82 Å². The molecule has 3 heteroatoms. The van der Waals surface area contributed by atoms with Gasteiger partial charge in [0.1, 0.15) is 5.82 Å². The van der Waals surface area contributed by atoms with Crippen LogP contribution >= 0.6 is 11.8 Å². The fourth-order valence-electron chi connectivity index (χ4n) is 1.32. The molecule has 1 nitrogen and oxygen atoms in total. The van der Waals surface area contributed by atoms with Crippen molar-refractivity contribution in [3.63, 3.8) is 0 Å². The summed E-state index contributed by atoms with van der Waals surface area (Å²) in [5, 5.41) is 0.929. The Hall–Kier alpha value is -0.960. The number of nitrogens with one attached hydrogen (secondary N) is 1. The van der Waals surface area contributed by atoms with Crippen LogP contribution in [0.5, 0.6) is 0 Å². The summed E-state index contributed by atoms with van der Waals surface area (Å²) in [7, 11) is 0. The summed E-state index contributed by atoms with van der Waals surface area (Å²) in [6.07, 6.45) is 1.82. The topological polar surface area (TPSA) is 15.8 Å². The molecule has 0 saturated carbocycles. The van der Waals surface area contributed by atoms with Crippen molar-refractivity contribution in [2.45, 2.75) is 11.8 Å². The van der Waals surface area contributed by atoms with Gasteiger partial charge in [-0.15, -0.1) is 11.8 Å². The third-order valence-corrected chi connectivity index (χ3v) is 2.82. The van der Waals surface area contributed by atoms with Gasteiger partial charge in [-0.3, -0.25) is 0 Å². The van der Waals surface area contributed by atoms with Gasteiger partial charge in [-0.05, 0) is 24.0 Å². The van der Waals surface area contributed by atoms with E-state index in [1.807, 2.05) is 25.3 Å². The Bertz CT molecular complexity index is 422. The highest BCUT2D eigenvalue weighted by Gasteiger charge is 2.04. The standard InChI is InChI=1S/C10H10FNS/c1-2-13-10-6-9-7(3-4-12-9)5-8(10)11/h3-6,12H,2H2,1H3. The summed E-state index contributed by atoms with van der Waals surface area (Å²) in [6.45, 7) is 2.02. The van der Waals surface area contributed by atoms with Gasteiger partial charge in [0.15, 0.2) is 0 Å². The number of fused-ring (bicyclic) bond motifs is 1. The Balaban J connectivity index is 2.56. The highest BCUT2D eigenvalue weighted by atomic mass is 32.2. The molecule has 0 saturated heterocycles. The molecule has 1 heterocycles. The van der Waals surface area contributed by atoms with E-state index < -0.39 is 0 Å². The number of hydrogen-bond acceptors (Lipinski definition) is 1. The van der Waals surface area contributed by atoms with Crippen molar-refractivity contribution in [2.75, 3.05) is 5.75 Å². The second kappa shape index (κ2) is 3.42. The lowest BCUT2D eigenvalue weighted by atomic mass is 10.2. The number of rotatable bonds is 2. The predicted molar refractivity (Wildman–Crippen MR) is 54.7 cm³/mol. The quantitative estimate of drug-likeness (QED) is 0.726. The summed E-state index contributed by atoms with van der Waals surface area (Å²) < 4.78 is 13.3. The molecule has 1 aromatic heterocycles. The third-order valence-electron chi connectivity index (χ3n) is 1.91. The molecule has 2 rings (SSSR count). The van der Waals surface area contributed by atoms with Gasteiger partial charge in [-0.25, -0.2) is 4.39 Å². The second-order valence-corrected chi connectivity index (χ2v) is 4.09. The van der Waals surface area contributed by atoms with Gasteiger partial charge >= 0.3 is 0 Å². The Labute approximate surface area is 80.3 Å². The number of benzene rings is 1. The molecule has 0 amide bonds.